The Labute approximate surface area is 70.5 Å². The van der Waals surface area contributed by atoms with E-state index in [-0.39, 0.29) is 12.5 Å². The molecule has 0 amide bonds. The molecule has 1 N–H and O–H groups in total. The summed E-state index contributed by atoms with van der Waals surface area (Å²) in [7, 11) is 0. The molecule has 2 unspecified atom stereocenters. The molecule has 0 aromatic heterocycles. The summed E-state index contributed by atoms with van der Waals surface area (Å²) >= 11 is 0. The Morgan fingerprint density at radius 1 is 1.83 bits per heavy atom. The summed E-state index contributed by atoms with van der Waals surface area (Å²) in [5.74, 6) is -0.458. The summed E-state index contributed by atoms with van der Waals surface area (Å²) in [6, 6.07) is 0. The van der Waals surface area contributed by atoms with Crippen LogP contribution in [0.15, 0.2) is 0 Å². The number of hydrogen-bond donors (Lipinski definition) is 1. The van der Waals surface area contributed by atoms with Crippen molar-refractivity contribution in [2.75, 3.05) is 13.2 Å². The Morgan fingerprint density at radius 2 is 2.50 bits per heavy atom. The van der Waals surface area contributed by atoms with Crippen LogP contribution in [-0.2, 0) is 9.53 Å². The summed E-state index contributed by atoms with van der Waals surface area (Å²) in [6.07, 6.45) is -0.161. The van der Waals surface area contributed by atoms with Crippen molar-refractivity contribution in [1.29, 1.82) is 0 Å². The minimum atomic E-state index is -0.672. The summed E-state index contributed by atoms with van der Waals surface area (Å²) in [4.78, 5) is 10.5. The van der Waals surface area contributed by atoms with Crippen LogP contribution in [0, 0.1) is 11.1 Å². The summed E-state index contributed by atoms with van der Waals surface area (Å²) < 4.78 is 4.73. The second-order valence-electron chi connectivity index (χ2n) is 2.87. The van der Waals surface area contributed by atoms with E-state index in [2.05, 4.69) is 0 Å². The predicted octanol–water partition coefficient (Wildman–Crippen LogP) is -0.312. The van der Waals surface area contributed by atoms with Crippen LogP contribution in [0.4, 0.5) is 0 Å². The number of hydroxylamine groups is 2. The number of esters is 1. The van der Waals surface area contributed by atoms with Crippen molar-refractivity contribution in [1.82, 2.24) is 5.06 Å². The Balaban J connectivity index is 2.33. The van der Waals surface area contributed by atoms with Crippen molar-refractivity contribution in [2.45, 2.75) is 19.6 Å². The molecule has 12 heavy (non-hydrogen) atoms. The van der Waals surface area contributed by atoms with Gasteiger partial charge < -0.3 is 20.1 Å². The molecule has 0 saturated carbocycles. The third kappa shape index (κ3) is 1.94. The summed E-state index contributed by atoms with van der Waals surface area (Å²) in [6.45, 7) is 1.64. The lowest BCUT2D eigenvalue weighted by Crippen LogP contribution is -2.55. The highest BCUT2D eigenvalue weighted by Crippen LogP contribution is 2.27. The third-order valence-corrected chi connectivity index (χ3v) is 1.89. The lowest BCUT2D eigenvalue weighted by Gasteiger charge is -2.51. The molecule has 70 valence electrons. The van der Waals surface area contributed by atoms with Crippen molar-refractivity contribution in [2.24, 2.45) is 5.92 Å². The molecule has 0 aromatic carbocycles. The van der Waals surface area contributed by atoms with Crippen molar-refractivity contribution in [3.63, 3.8) is 0 Å². The molecule has 1 rings (SSSR count). The largest absolute Gasteiger partial charge is 0.783 e. The number of ether oxygens (including phenoxy) is 1. The van der Waals surface area contributed by atoms with Gasteiger partial charge >= 0.3 is 5.97 Å². The van der Waals surface area contributed by atoms with Gasteiger partial charge in [0.1, 0.15) is 6.23 Å². The van der Waals surface area contributed by atoms with Gasteiger partial charge in [-0.3, -0.25) is 4.79 Å². The van der Waals surface area contributed by atoms with Crippen LogP contribution in [-0.4, -0.2) is 35.5 Å². The van der Waals surface area contributed by atoms with Gasteiger partial charge in [0.05, 0.1) is 0 Å². The number of nitrogens with zero attached hydrogens (tertiary/aromatic N) is 1. The van der Waals surface area contributed by atoms with Crippen LogP contribution in [0.25, 0.3) is 0 Å². The molecule has 1 saturated heterocycles. The minimum absolute atomic E-state index is 0.00333. The Hall–Kier alpha value is -0.650. The van der Waals surface area contributed by atoms with Gasteiger partial charge in [0.25, 0.3) is 0 Å². The fourth-order valence-electron chi connectivity index (χ4n) is 1.25. The van der Waals surface area contributed by atoms with Crippen LogP contribution < -0.4 is 0 Å². The maximum absolute atomic E-state index is 10.8. The molecule has 0 spiro atoms. The topological polar surface area (TPSA) is 72.8 Å². The molecule has 1 aliphatic rings. The second kappa shape index (κ2) is 3.84. The first-order chi connectivity index (χ1) is 5.65. The number of hydrogen-bond acceptors (Lipinski definition) is 5. The van der Waals surface area contributed by atoms with Crippen LogP contribution >= 0.6 is 0 Å². The van der Waals surface area contributed by atoms with Gasteiger partial charge in [-0.2, -0.15) is 0 Å². The van der Waals surface area contributed by atoms with Gasteiger partial charge in [-0.25, -0.2) is 0 Å². The first-order valence-electron chi connectivity index (χ1n) is 3.87. The average Bonchev–Trinajstić information content (AvgIpc) is 2.00. The lowest BCUT2D eigenvalue weighted by molar-refractivity contribution is -0.178. The van der Waals surface area contributed by atoms with Gasteiger partial charge in [0.15, 0.2) is 0 Å². The number of carbonyl (C=O) groups is 1. The Morgan fingerprint density at radius 3 is 2.92 bits per heavy atom. The van der Waals surface area contributed by atoms with Gasteiger partial charge in [0, 0.05) is 19.4 Å². The fraction of sp³-hybridized carbons (Fsp3) is 0.857. The summed E-state index contributed by atoms with van der Waals surface area (Å²) in [5.41, 5.74) is 0. The highest BCUT2D eigenvalue weighted by atomic mass is 16.6. The smallest absolute Gasteiger partial charge is 0.304 e. The number of aliphatic hydroxyl groups excluding tert-OH is 1. The number of rotatable bonds is 3. The molecule has 1 fully saturated rings. The molecule has 5 heteroatoms. The van der Waals surface area contributed by atoms with E-state index in [1.54, 1.807) is 0 Å². The minimum Gasteiger partial charge on any atom is -0.783 e. The van der Waals surface area contributed by atoms with Gasteiger partial charge in [-0.15, -0.1) is 0 Å². The van der Waals surface area contributed by atoms with E-state index < -0.39 is 12.2 Å². The first-order valence-corrected chi connectivity index (χ1v) is 3.87. The van der Waals surface area contributed by atoms with Crippen molar-refractivity contribution >= 4 is 5.97 Å². The quantitative estimate of drug-likeness (QED) is 0.594. The Bertz CT molecular complexity index is 171. The van der Waals surface area contributed by atoms with Crippen LogP contribution in [0.3, 0.4) is 0 Å². The lowest BCUT2D eigenvalue weighted by atomic mass is 9.96. The predicted molar refractivity (Wildman–Crippen MR) is 40.8 cm³/mol. The van der Waals surface area contributed by atoms with E-state index in [4.69, 9.17) is 9.84 Å². The standard InChI is InChI=1S/C7H12NO4/c1-5(10)12-7-6(2-3-9)4-8(7)11/h6-7,9H,2-4H2,1H3/q-1. The van der Waals surface area contributed by atoms with E-state index in [1.807, 2.05) is 0 Å². The van der Waals surface area contributed by atoms with Gasteiger partial charge in [0.2, 0.25) is 0 Å². The average molecular weight is 174 g/mol. The van der Waals surface area contributed by atoms with Gasteiger partial charge in [-0.05, 0) is 13.0 Å². The SMILES string of the molecule is CC(=O)OC1C(CCO)CN1[O-]. The monoisotopic (exact) mass is 174 g/mol. The first kappa shape index (κ1) is 9.44. The molecule has 0 aromatic rings. The molecule has 0 aliphatic carbocycles. The van der Waals surface area contributed by atoms with E-state index in [9.17, 15) is 10.0 Å². The Kier molecular flexibility index (Phi) is 3.02. The van der Waals surface area contributed by atoms with Gasteiger partial charge in [-0.1, -0.05) is 0 Å². The van der Waals surface area contributed by atoms with E-state index in [1.165, 1.54) is 6.92 Å². The molecular formula is C7H12NO4-. The number of carbonyl (C=O) groups excluding carboxylic acids is 1. The molecule has 0 bridgehead atoms. The summed E-state index contributed by atoms with van der Waals surface area (Å²) in [5, 5.41) is 20.1. The zero-order valence-corrected chi connectivity index (χ0v) is 6.90. The molecule has 1 aliphatic heterocycles. The maximum Gasteiger partial charge on any atom is 0.304 e. The molecule has 5 nitrogen and oxygen atoms in total. The van der Waals surface area contributed by atoms with Crippen LogP contribution in [0.5, 0.6) is 0 Å². The van der Waals surface area contributed by atoms with Crippen LogP contribution in [0.1, 0.15) is 13.3 Å². The normalized spacial score (nSPS) is 29.6. The molecule has 1 heterocycles. The van der Waals surface area contributed by atoms with Crippen molar-refractivity contribution in [3.8, 4) is 0 Å². The van der Waals surface area contributed by atoms with E-state index in [0.29, 0.717) is 18.0 Å². The molecular weight excluding hydrogens is 162 g/mol. The highest BCUT2D eigenvalue weighted by Gasteiger charge is 2.34. The van der Waals surface area contributed by atoms with Crippen molar-refractivity contribution in [3.05, 3.63) is 5.21 Å². The highest BCUT2D eigenvalue weighted by molar-refractivity contribution is 5.66. The second-order valence-corrected chi connectivity index (χ2v) is 2.87. The molecule has 2 atom stereocenters. The fourth-order valence-corrected chi connectivity index (χ4v) is 1.25. The molecule has 0 radical (unpaired) electrons. The van der Waals surface area contributed by atoms with E-state index in [0.717, 1.165) is 0 Å². The van der Waals surface area contributed by atoms with Crippen LogP contribution in [0.2, 0.25) is 0 Å². The number of aliphatic hydroxyl groups is 1. The maximum atomic E-state index is 10.8. The zero-order valence-electron chi connectivity index (χ0n) is 6.90. The van der Waals surface area contributed by atoms with E-state index >= 15 is 0 Å². The third-order valence-electron chi connectivity index (χ3n) is 1.89. The van der Waals surface area contributed by atoms with Crippen molar-refractivity contribution < 1.29 is 14.6 Å². The zero-order chi connectivity index (χ0) is 9.14.